The highest BCUT2D eigenvalue weighted by atomic mass is 79.9. The van der Waals surface area contributed by atoms with Crippen LogP contribution in [0, 0.1) is 13.8 Å². The predicted molar refractivity (Wildman–Crippen MR) is 78.6 cm³/mol. The first-order valence-corrected chi connectivity index (χ1v) is 7.44. The first kappa shape index (κ1) is 13.2. The first-order valence-electron chi connectivity index (χ1n) is 5.50. The number of aryl methyl sites for hydroxylation is 2. The molecule has 1 aromatic heterocycles. The summed E-state index contributed by atoms with van der Waals surface area (Å²) in [5.74, 6) is -0.0928. The lowest BCUT2D eigenvalue weighted by Crippen LogP contribution is -2.11. The first-order chi connectivity index (χ1) is 8.60. The van der Waals surface area contributed by atoms with Crippen molar-refractivity contribution in [3.63, 3.8) is 0 Å². The summed E-state index contributed by atoms with van der Waals surface area (Å²) in [5.41, 5.74) is 2.72. The van der Waals surface area contributed by atoms with E-state index in [1.165, 1.54) is 11.3 Å². The molecule has 0 radical (unpaired) electrons. The molecule has 1 N–H and O–H groups in total. The number of halogens is 1. The Labute approximate surface area is 118 Å². The van der Waals surface area contributed by atoms with E-state index < -0.39 is 0 Å². The molecule has 0 spiro atoms. The number of benzene rings is 1. The molecule has 2 rings (SSSR count). The molecule has 0 saturated carbocycles. The van der Waals surface area contributed by atoms with Crippen molar-refractivity contribution in [2.24, 2.45) is 0 Å². The zero-order valence-corrected chi connectivity index (χ0v) is 12.6. The number of anilines is 1. The van der Waals surface area contributed by atoms with E-state index in [0.29, 0.717) is 4.88 Å². The van der Waals surface area contributed by atoms with Gasteiger partial charge in [-0.2, -0.15) is 0 Å². The third-order valence-electron chi connectivity index (χ3n) is 2.45. The van der Waals surface area contributed by atoms with Crippen molar-refractivity contribution >= 4 is 38.9 Å². The highest BCUT2D eigenvalue weighted by Crippen LogP contribution is 2.20. The fraction of sp³-hybridized carbons (Fsp3) is 0.231. The molecule has 3 nitrogen and oxygen atoms in total. The van der Waals surface area contributed by atoms with Crippen LogP contribution in [0.3, 0.4) is 0 Å². The van der Waals surface area contributed by atoms with Crippen LogP contribution in [0.25, 0.3) is 0 Å². The number of hydrogen-bond donors (Lipinski definition) is 1. The van der Waals surface area contributed by atoms with Crippen molar-refractivity contribution in [1.82, 2.24) is 4.98 Å². The summed E-state index contributed by atoms with van der Waals surface area (Å²) in [6, 6.07) is 7.77. The number of alkyl halides is 1. The molecule has 0 aliphatic heterocycles. The second kappa shape index (κ2) is 5.63. The number of carbonyl (C=O) groups excluding carboxylic acids is 1. The standard InChI is InChI=1S/C13H13BrN2OS/c1-8-12(18-9(2)15-8)13(17)16-11-5-3-4-10(6-11)7-14/h3-6H,7H2,1-2H3,(H,16,17). The zero-order chi connectivity index (χ0) is 13.1. The third-order valence-corrected chi connectivity index (χ3v) is 4.17. The Bertz CT molecular complexity index is 580. The molecule has 0 aliphatic rings. The topological polar surface area (TPSA) is 42.0 Å². The van der Waals surface area contributed by atoms with Crippen LogP contribution in [0.5, 0.6) is 0 Å². The second-order valence-corrected chi connectivity index (χ2v) is 5.70. The summed E-state index contributed by atoms with van der Waals surface area (Å²) in [6.07, 6.45) is 0. The van der Waals surface area contributed by atoms with E-state index in [0.717, 1.165) is 27.3 Å². The number of carbonyl (C=O) groups is 1. The average molecular weight is 325 g/mol. The maximum absolute atomic E-state index is 12.1. The van der Waals surface area contributed by atoms with Gasteiger partial charge in [-0.05, 0) is 31.5 Å². The van der Waals surface area contributed by atoms with E-state index in [9.17, 15) is 4.79 Å². The van der Waals surface area contributed by atoms with Crippen molar-refractivity contribution in [3.8, 4) is 0 Å². The van der Waals surface area contributed by atoms with E-state index in [1.807, 2.05) is 38.1 Å². The molecule has 18 heavy (non-hydrogen) atoms. The minimum atomic E-state index is -0.0928. The van der Waals surface area contributed by atoms with E-state index >= 15 is 0 Å². The Kier molecular flexibility index (Phi) is 4.14. The van der Waals surface area contributed by atoms with Gasteiger partial charge >= 0.3 is 0 Å². The highest BCUT2D eigenvalue weighted by molar-refractivity contribution is 9.08. The van der Waals surface area contributed by atoms with Crippen LogP contribution in [-0.2, 0) is 5.33 Å². The zero-order valence-electron chi connectivity index (χ0n) is 10.2. The molecular weight excluding hydrogens is 312 g/mol. The van der Waals surface area contributed by atoms with Gasteiger partial charge in [0.15, 0.2) is 0 Å². The summed E-state index contributed by atoms with van der Waals surface area (Å²) in [5, 5.41) is 4.58. The van der Waals surface area contributed by atoms with Gasteiger partial charge in [0.25, 0.3) is 5.91 Å². The quantitative estimate of drug-likeness (QED) is 0.870. The van der Waals surface area contributed by atoms with E-state index in [4.69, 9.17) is 0 Å². The monoisotopic (exact) mass is 324 g/mol. The number of hydrogen-bond acceptors (Lipinski definition) is 3. The van der Waals surface area contributed by atoms with Gasteiger partial charge in [0.1, 0.15) is 4.88 Å². The van der Waals surface area contributed by atoms with Crippen molar-refractivity contribution in [2.45, 2.75) is 19.2 Å². The normalized spacial score (nSPS) is 10.4. The van der Waals surface area contributed by atoms with E-state index in [-0.39, 0.29) is 5.91 Å². The smallest absolute Gasteiger partial charge is 0.267 e. The Hall–Kier alpha value is -1.20. The molecule has 0 atom stereocenters. The van der Waals surface area contributed by atoms with E-state index in [2.05, 4.69) is 26.2 Å². The van der Waals surface area contributed by atoms with Crippen LogP contribution < -0.4 is 5.32 Å². The van der Waals surface area contributed by atoms with Crippen LogP contribution in [0.15, 0.2) is 24.3 Å². The van der Waals surface area contributed by atoms with Gasteiger partial charge < -0.3 is 5.32 Å². The van der Waals surface area contributed by atoms with Crippen LogP contribution in [0.2, 0.25) is 0 Å². The molecule has 0 aliphatic carbocycles. The largest absolute Gasteiger partial charge is 0.321 e. The summed E-state index contributed by atoms with van der Waals surface area (Å²) in [4.78, 5) is 17.0. The fourth-order valence-electron chi connectivity index (χ4n) is 1.66. The molecule has 1 amide bonds. The van der Waals surface area contributed by atoms with Gasteiger partial charge in [-0.1, -0.05) is 28.1 Å². The lowest BCUT2D eigenvalue weighted by Gasteiger charge is -2.05. The lowest BCUT2D eigenvalue weighted by atomic mass is 10.2. The van der Waals surface area contributed by atoms with Gasteiger partial charge in [-0.25, -0.2) is 4.98 Å². The summed E-state index contributed by atoms with van der Waals surface area (Å²) in [7, 11) is 0. The molecule has 0 saturated heterocycles. The number of aromatic nitrogens is 1. The second-order valence-electron chi connectivity index (χ2n) is 3.94. The Balaban J connectivity index is 2.18. The molecule has 0 bridgehead atoms. The van der Waals surface area contributed by atoms with Crippen molar-refractivity contribution in [1.29, 1.82) is 0 Å². The van der Waals surface area contributed by atoms with Crippen LogP contribution in [-0.4, -0.2) is 10.9 Å². The summed E-state index contributed by atoms with van der Waals surface area (Å²) in [6.45, 7) is 3.76. The van der Waals surface area contributed by atoms with Crippen molar-refractivity contribution in [3.05, 3.63) is 45.4 Å². The molecule has 0 unspecified atom stereocenters. The molecule has 0 fully saturated rings. The molecule has 2 aromatic rings. The Morgan fingerprint density at radius 2 is 2.22 bits per heavy atom. The van der Waals surface area contributed by atoms with Gasteiger partial charge in [0.2, 0.25) is 0 Å². The highest BCUT2D eigenvalue weighted by Gasteiger charge is 2.13. The number of amides is 1. The number of nitrogens with zero attached hydrogens (tertiary/aromatic N) is 1. The van der Waals surface area contributed by atoms with E-state index in [1.54, 1.807) is 0 Å². The number of nitrogens with one attached hydrogen (secondary N) is 1. The number of rotatable bonds is 3. The molecule has 1 heterocycles. The maximum atomic E-state index is 12.1. The van der Waals surface area contributed by atoms with Gasteiger partial charge in [-0.15, -0.1) is 11.3 Å². The minimum absolute atomic E-state index is 0.0928. The SMILES string of the molecule is Cc1nc(C)c(C(=O)Nc2cccc(CBr)c2)s1. The van der Waals surface area contributed by atoms with Gasteiger partial charge in [0.05, 0.1) is 10.7 Å². The summed E-state index contributed by atoms with van der Waals surface area (Å²) >= 11 is 4.82. The third kappa shape index (κ3) is 2.97. The molecule has 1 aromatic carbocycles. The fourth-order valence-corrected chi connectivity index (χ4v) is 2.83. The maximum Gasteiger partial charge on any atom is 0.267 e. The predicted octanol–water partition coefficient (Wildman–Crippen LogP) is 3.91. The van der Waals surface area contributed by atoms with Crippen molar-refractivity contribution in [2.75, 3.05) is 5.32 Å². The average Bonchev–Trinajstić information content (AvgIpc) is 2.69. The Morgan fingerprint density at radius 3 is 2.83 bits per heavy atom. The minimum Gasteiger partial charge on any atom is -0.321 e. The summed E-state index contributed by atoms with van der Waals surface area (Å²) < 4.78 is 0. The lowest BCUT2D eigenvalue weighted by molar-refractivity contribution is 0.103. The number of thiazole rings is 1. The van der Waals surface area contributed by atoms with Crippen LogP contribution in [0.4, 0.5) is 5.69 Å². The molecule has 5 heteroatoms. The van der Waals surface area contributed by atoms with Crippen molar-refractivity contribution < 1.29 is 4.79 Å². The van der Waals surface area contributed by atoms with Crippen LogP contribution >= 0.6 is 27.3 Å². The Morgan fingerprint density at radius 1 is 1.44 bits per heavy atom. The van der Waals surface area contributed by atoms with Crippen LogP contribution in [0.1, 0.15) is 25.9 Å². The van der Waals surface area contributed by atoms with Gasteiger partial charge in [-0.3, -0.25) is 4.79 Å². The molecule has 94 valence electrons. The molecular formula is C13H13BrN2OS. The van der Waals surface area contributed by atoms with Gasteiger partial charge in [0, 0.05) is 11.0 Å².